The SMILES string of the molecule is COc1ccc(C(=O)Nc2ccc(F)c(C)c2)cc1S(=O)(=O)NCC1CC(O)(C(F)F)C1. The predicted octanol–water partition coefficient (Wildman–Crippen LogP) is 3.08. The number of anilines is 1. The Balaban J connectivity index is 1.75. The monoisotopic (exact) mass is 472 g/mol. The molecule has 0 spiro atoms. The standard InChI is InChI=1S/C21H23F3N2O5S/c1-12-7-15(4-5-16(12)22)26-19(27)14-3-6-17(31-2)18(8-14)32(29,30)25-11-13-9-21(28,10-13)20(23)24/h3-8,13,20,25,28H,9-11H2,1-2H3,(H,26,27). The van der Waals surface area contributed by atoms with Gasteiger partial charge in [-0.15, -0.1) is 0 Å². The normalized spacial score (nSPS) is 20.7. The van der Waals surface area contributed by atoms with E-state index in [-0.39, 0.29) is 35.6 Å². The summed E-state index contributed by atoms with van der Waals surface area (Å²) in [4.78, 5) is 12.3. The Labute approximate surface area is 183 Å². The number of hydrogen-bond donors (Lipinski definition) is 3. The van der Waals surface area contributed by atoms with Crippen molar-refractivity contribution < 1.29 is 36.2 Å². The lowest BCUT2D eigenvalue weighted by Gasteiger charge is -2.42. The van der Waals surface area contributed by atoms with Crippen molar-refractivity contribution in [3.8, 4) is 5.75 Å². The van der Waals surface area contributed by atoms with Crippen molar-refractivity contribution in [3.05, 3.63) is 53.3 Å². The molecule has 1 saturated carbocycles. The number of ether oxygens (including phenoxy) is 1. The summed E-state index contributed by atoms with van der Waals surface area (Å²) in [6.07, 6.45) is -3.33. The van der Waals surface area contributed by atoms with Gasteiger partial charge in [0, 0.05) is 17.8 Å². The molecule has 1 amide bonds. The Kier molecular flexibility index (Phi) is 6.82. The molecule has 0 unspecified atom stereocenters. The molecule has 3 rings (SSSR count). The average Bonchev–Trinajstić information content (AvgIpc) is 2.72. The van der Waals surface area contributed by atoms with Crippen LogP contribution in [0.1, 0.15) is 28.8 Å². The van der Waals surface area contributed by atoms with Gasteiger partial charge in [0.1, 0.15) is 22.1 Å². The molecule has 0 aliphatic heterocycles. The third-order valence-electron chi connectivity index (χ3n) is 5.38. The van der Waals surface area contributed by atoms with Crippen LogP contribution in [0.2, 0.25) is 0 Å². The van der Waals surface area contributed by atoms with E-state index >= 15 is 0 Å². The molecule has 2 aromatic carbocycles. The van der Waals surface area contributed by atoms with Crippen molar-refractivity contribution in [3.63, 3.8) is 0 Å². The molecule has 1 aliphatic rings. The summed E-state index contributed by atoms with van der Waals surface area (Å²) in [5.41, 5.74) is -1.39. The van der Waals surface area contributed by atoms with E-state index in [2.05, 4.69) is 10.0 Å². The number of benzene rings is 2. The molecule has 0 bridgehead atoms. The number of aliphatic hydroxyl groups is 1. The van der Waals surface area contributed by atoms with Crippen LogP contribution in [0.15, 0.2) is 41.3 Å². The summed E-state index contributed by atoms with van der Waals surface area (Å²) in [6.45, 7) is 1.39. The van der Waals surface area contributed by atoms with Gasteiger partial charge >= 0.3 is 0 Å². The van der Waals surface area contributed by atoms with E-state index in [4.69, 9.17) is 4.74 Å². The van der Waals surface area contributed by atoms with Gasteiger partial charge in [0.25, 0.3) is 12.3 Å². The van der Waals surface area contributed by atoms with E-state index in [1.807, 2.05) is 0 Å². The Hall–Kier alpha value is -2.63. The maximum Gasteiger partial charge on any atom is 0.266 e. The fraction of sp³-hybridized carbons (Fsp3) is 0.381. The first kappa shape index (κ1) is 24.0. The molecule has 1 aliphatic carbocycles. The molecule has 0 aromatic heterocycles. The van der Waals surface area contributed by atoms with Crippen molar-refractivity contribution in [2.45, 2.75) is 36.7 Å². The minimum atomic E-state index is -4.15. The quantitative estimate of drug-likeness (QED) is 0.548. The number of rotatable bonds is 8. The van der Waals surface area contributed by atoms with Crippen LogP contribution in [0.5, 0.6) is 5.75 Å². The first-order valence-electron chi connectivity index (χ1n) is 9.71. The predicted molar refractivity (Wildman–Crippen MR) is 111 cm³/mol. The van der Waals surface area contributed by atoms with Gasteiger partial charge in [-0.3, -0.25) is 4.79 Å². The Morgan fingerprint density at radius 2 is 1.94 bits per heavy atom. The highest BCUT2D eigenvalue weighted by atomic mass is 32.2. The maximum absolute atomic E-state index is 13.4. The third-order valence-corrected chi connectivity index (χ3v) is 6.83. The zero-order valence-electron chi connectivity index (χ0n) is 17.4. The van der Waals surface area contributed by atoms with Crippen LogP contribution < -0.4 is 14.8 Å². The number of nitrogens with one attached hydrogen (secondary N) is 2. The van der Waals surface area contributed by atoms with Crippen molar-refractivity contribution in [1.29, 1.82) is 0 Å². The van der Waals surface area contributed by atoms with Crippen LogP contribution in [-0.2, 0) is 10.0 Å². The summed E-state index contributed by atoms with van der Waals surface area (Å²) in [6, 6.07) is 7.84. The van der Waals surface area contributed by atoms with Gasteiger partial charge in [0.15, 0.2) is 0 Å². The summed E-state index contributed by atoms with van der Waals surface area (Å²) in [7, 11) is -2.88. The van der Waals surface area contributed by atoms with Crippen LogP contribution in [0.4, 0.5) is 18.9 Å². The number of sulfonamides is 1. The smallest absolute Gasteiger partial charge is 0.266 e. The van der Waals surface area contributed by atoms with Crippen LogP contribution >= 0.6 is 0 Å². The second kappa shape index (κ2) is 9.08. The van der Waals surface area contributed by atoms with Gasteiger partial charge in [0.2, 0.25) is 10.0 Å². The minimum absolute atomic E-state index is 0.00984. The summed E-state index contributed by atoms with van der Waals surface area (Å²) in [5, 5.41) is 12.2. The van der Waals surface area contributed by atoms with Crippen molar-refractivity contribution in [1.82, 2.24) is 4.72 Å². The lowest BCUT2D eigenvalue weighted by molar-refractivity contribution is -0.166. The number of carbonyl (C=O) groups is 1. The molecule has 3 N–H and O–H groups in total. The molecule has 32 heavy (non-hydrogen) atoms. The van der Waals surface area contributed by atoms with Crippen LogP contribution in [0.3, 0.4) is 0 Å². The largest absolute Gasteiger partial charge is 0.495 e. The molecule has 7 nitrogen and oxygen atoms in total. The molecular weight excluding hydrogens is 449 g/mol. The van der Waals surface area contributed by atoms with Gasteiger partial charge < -0.3 is 15.2 Å². The van der Waals surface area contributed by atoms with E-state index < -0.39 is 39.7 Å². The summed E-state index contributed by atoms with van der Waals surface area (Å²) in [5.74, 6) is -1.49. The molecule has 0 saturated heterocycles. The Morgan fingerprint density at radius 1 is 1.25 bits per heavy atom. The van der Waals surface area contributed by atoms with Gasteiger partial charge in [-0.05, 0) is 67.6 Å². The fourth-order valence-electron chi connectivity index (χ4n) is 3.52. The Morgan fingerprint density at radius 3 is 2.53 bits per heavy atom. The summed E-state index contributed by atoms with van der Waals surface area (Å²) >= 11 is 0. The van der Waals surface area contributed by atoms with Gasteiger partial charge in [0.05, 0.1) is 7.11 Å². The maximum atomic E-state index is 13.4. The van der Waals surface area contributed by atoms with Crippen molar-refractivity contribution in [2.24, 2.45) is 5.92 Å². The summed E-state index contributed by atoms with van der Waals surface area (Å²) < 4.78 is 71.9. The van der Waals surface area contributed by atoms with Crippen molar-refractivity contribution in [2.75, 3.05) is 19.0 Å². The molecule has 2 aromatic rings. The van der Waals surface area contributed by atoms with Gasteiger partial charge in [-0.1, -0.05) is 0 Å². The van der Waals surface area contributed by atoms with Crippen LogP contribution in [0.25, 0.3) is 0 Å². The first-order chi connectivity index (χ1) is 14.9. The highest BCUT2D eigenvalue weighted by Gasteiger charge is 2.49. The van der Waals surface area contributed by atoms with E-state index in [1.165, 1.54) is 37.4 Å². The van der Waals surface area contributed by atoms with Gasteiger partial charge in [-0.25, -0.2) is 26.3 Å². The molecule has 0 radical (unpaired) electrons. The zero-order chi connectivity index (χ0) is 23.7. The Bertz CT molecular complexity index is 1120. The number of amides is 1. The van der Waals surface area contributed by atoms with Crippen molar-refractivity contribution >= 4 is 21.6 Å². The zero-order valence-corrected chi connectivity index (χ0v) is 18.2. The third kappa shape index (κ3) is 5.05. The molecule has 11 heteroatoms. The number of hydrogen-bond acceptors (Lipinski definition) is 5. The molecule has 0 heterocycles. The topological polar surface area (TPSA) is 105 Å². The molecule has 174 valence electrons. The number of carbonyl (C=O) groups excluding carboxylic acids is 1. The molecule has 1 fully saturated rings. The highest BCUT2D eigenvalue weighted by Crippen LogP contribution is 2.41. The second-order valence-corrected chi connectivity index (χ2v) is 9.55. The lowest BCUT2D eigenvalue weighted by atomic mass is 9.71. The van der Waals surface area contributed by atoms with Crippen LogP contribution in [-0.4, -0.2) is 45.1 Å². The van der Waals surface area contributed by atoms with E-state index in [0.717, 1.165) is 6.07 Å². The second-order valence-electron chi connectivity index (χ2n) is 7.81. The molecular formula is C21H23F3N2O5S. The number of methoxy groups -OCH3 is 1. The average molecular weight is 472 g/mol. The highest BCUT2D eigenvalue weighted by molar-refractivity contribution is 7.89. The fourth-order valence-corrected chi connectivity index (χ4v) is 4.83. The van der Waals surface area contributed by atoms with Crippen LogP contribution in [0, 0.1) is 18.7 Å². The number of halogens is 3. The van der Waals surface area contributed by atoms with E-state index in [1.54, 1.807) is 6.92 Å². The number of alkyl halides is 2. The molecule has 0 atom stereocenters. The van der Waals surface area contributed by atoms with E-state index in [9.17, 15) is 31.5 Å². The van der Waals surface area contributed by atoms with Gasteiger partial charge in [-0.2, -0.15) is 0 Å². The number of aryl methyl sites for hydroxylation is 1. The lowest BCUT2D eigenvalue weighted by Crippen LogP contribution is -2.52. The minimum Gasteiger partial charge on any atom is -0.495 e. The van der Waals surface area contributed by atoms with E-state index in [0.29, 0.717) is 11.3 Å². The first-order valence-corrected chi connectivity index (χ1v) is 11.2.